The van der Waals surface area contributed by atoms with Gasteiger partial charge >= 0.3 is 0 Å². The van der Waals surface area contributed by atoms with Gasteiger partial charge in [-0.25, -0.2) is 4.68 Å². The van der Waals surface area contributed by atoms with Crippen molar-refractivity contribution < 1.29 is 4.79 Å². The number of carbonyl (C=O) groups is 1. The topological polar surface area (TPSA) is 69.2 Å². The van der Waals surface area contributed by atoms with E-state index in [0.29, 0.717) is 21.8 Å². The molecule has 0 spiro atoms. The molecule has 0 bridgehead atoms. The molecule has 0 fully saturated rings. The molecule has 4 rings (SSSR count). The Balaban J connectivity index is 1.60. The average molecular weight is 411 g/mol. The second-order valence-corrected chi connectivity index (χ2v) is 7.39. The highest BCUT2D eigenvalue weighted by molar-refractivity contribution is 7.07. The van der Waals surface area contributed by atoms with E-state index in [2.05, 4.69) is 10.1 Å². The zero-order chi connectivity index (χ0) is 19.5. The third-order valence-electron chi connectivity index (χ3n) is 4.23. The van der Waals surface area contributed by atoms with Gasteiger partial charge in [-0.15, -0.1) is 11.3 Å². The van der Waals surface area contributed by atoms with Crippen molar-refractivity contribution in [2.45, 2.75) is 13.1 Å². The van der Waals surface area contributed by atoms with E-state index in [9.17, 15) is 9.59 Å². The van der Waals surface area contributed by atoms with Crippen molar-refractivity contribution in [1.82, 2.24) is 14.3 Å². The van der Waals surface area contributed by atoms with Gasteiger partial charge < -0.3 is 4.57 Å². The highest BCUT2D eigenvalue weighted by atomic mass is 35.5. The van der Waals surface area contributed by atoms with E-state index in [4.69, 9.17) is 11.6 Å². The third kappa shape index (κ3) is 3.81. The molecule has 0 N–H and O–H groups in total. The Bertz CT molecular complexity index is 1290. The number of benzene rings is 2. The molecule has 0 unspecified atom stereocenters. The molecule has 0 aliphatic carbocycles. The van der Waals surface area contributed by atoms with Crippen LogP contribution in [0.3, 0.4) is 0 Å². The molecule has 0 atom stereocenters. The Morgan fingerprint density at radius 3 is 2.79 bits per heavy atom. The van der Waals surface area contributed by atoms with Crippen molar-refractivity contribution in [1.29, 1.82) is 0 Å². The Kier molecular flexibility index (Phi) is 5.18. The number of rotatable bonds is 4. The van der Waals surface area contributed by atoms with Gasteiger partial charge in [-0.3, -0.25) is 9.59 Å². The van der Waals surface area contributed by atoms with Gasteiger partial charge in [-0.2, -0.15) is 10.1 Å². The van der Waals surface area contributed by atoms with Gasteiger partial charge in [0.2, 0.25) is 0 Å². The lowest BCUT2D eigenvalue weighted by Gasteiger charge is -2.05. The minimum absolute atomic E-state index is 0.215. The standard InChI is InChI=1S/C20H15ClN4O2S/c21-17-8-4-2-6-15(17)12-24-9-10-28-20(24)23-18(26)13-25-19(27)16-7-3-1-5-14(16)11-22-25/h1-11H,12-13H2. The van der Waals surface area contributed by atoms with Crippen LogP contribution < -0.4 is 10.4 Å². The van der Waals surface area contributed by atoms with Gasteiger partial charge in [0, 0.05) is 22.0 Å². The fraction of sp³-hybridized carbons (Fsp3) is 0.100. The van der Waals surface area contributed by atoms with Crippen LogP contribution in [0.4, 0.5) is 0 Å². The van der Waals surface area contributed by atoms with Gasteiger partial charge in [-0.05, 0) is 17.7 Å². The van der Waals surface area contributed by atoms with Crippen molar-refractivity contribution in [3.63, 3.8) is 0 Å². The molecular weight excluding hydrogens is 396 g/mol. The molecule has 0 aliphatic heterocycles. The number of hydrogen-bond donors (Lipinski definition) is 0. The summed E-state index contributed by atoms with van der Waals surface area (Å²) in [6, 6.07) is 14.7. The third-order valence-corrected chi connectivity index (χ3v) is 5.39. The summed E-state index contributed by atoms with van der Waals surface area (Å²) < 4.78 is 2.99. The molecule has 8 heteroatoms. The van der Waals surface area contributed by atoms with Crippen LogP contribution in [0.2, 0.25) is 5.02 Å². The Labute approximate surface area is 169 Å². The maximum Gasteiger partial charge on any atom is 0.275 e. The highest BCUT2D eigenvalue weighted by Gasteiger charge is 2.09. The van der Waals surface area contributed by atoms with Crippen LogP contribution in [0.15, 0.2) is 76.1 Å². The summed E-state index contributed by atoms with van der Waals surface area (Å²) >= 11 is 7.56. The Morgan fingerprint density at radius 1 is 1.14 bits per heavy atom. The van der Waals surface area contributed by atoms with Crippen molar-refractivity contribution in [3.05, 3.63) is 92.0 Å². The zero-order valence-electron chi connectivity index (χ0n) is 14.7. The maximum atomic E-state index is 12.5. The minimum Gasteiger partial charge on any atom is -0.319 e. The van der Waals surface area contributed by atoms with Gasteiger partial charge in [0.15, 0.2) is 4.80 Å². The lowest BCUT2D eigenvalue weighted by molar-refractivity contribution is -0.118. The molecule has 6 nitrogen and oxygen atoms in total. The molecule has 0 aliphatic rings. The molecule has 0 saturated heterocycles. The van der Waals surface area contributed by atoms with Crippen LogP contribution in [-0.4, -0.2) is 20.3 Å². The number of thiazole rings is 1. The Hall–Kier alpha value is -3.03. The molecule has 2 aromatic heterocycles. The lowest BCUT2D eigenvalue weighted by Crippen LogP contribution is -2.27. The lowest BCUT2D eigenvalue weighted by atomic mass is 10.2. The fourth-order valence-electron chi connectivity index (χ4n) is 2.83. The second-order valence-electron chi connectivity index (χ2n) is 6.11. The zero-order valence-corrected chi connectivity index (χ0v) is 16.2. The van der Waals surface area contributed by atoms with E-state index >= 15 is 0 Å². The monoisotopic (exact) mass is 410 g/mol. The first kappa shape index (κ1) is 18.3. The first-order valence-electron chi connectivity index (χ1n) is 8.51. The van der Waals surface area contributed by atoms with Crippen LogP contribution >= 0.6 is 22.9 Å². The van der Waals surface area contributed by atoms with Crippen LogP contribution in [-0.2, 0) is 17.9 Å². The predicted octanol–water partition coefficient (Wildman–Crippen LogP) is 3.09. The second kappa shape index (κ2) is 7.92. The maximum absolute atomic E-state index is 12.5. The van der Waals surface area contributed by atoms with Crippen LogP contribution in [0.25, 0.3) is 10.8 Å². The summed E-state index contributed by atoms with van der Waals surface area (Å²) in [6.45, 7) is 0.289. The van der Waals surface area contributed by atoms with Gasteiger partial charge in [-0.1, -0.05) is 48.0 Å². The van der Waals surface area contributed by atoms with E-state index in [1.54, 1.807) is 18.3 Å². The number of nitrogens with zero attached hydrogens (tertiary/aromatic N) is 4. The summed E-state index contributed by atoms with van der Waals surface area (Å²) in [6.07, 6.45) is 3.42. The number of aromatic nitrogens is 3. The fourth-order valence-corrected chi connectivity index (χ4v) is 3.77. The summed E-state index contributed by atoms with van der Waals surface area (Å²) in [5.41, 5.74) is 0.626. The molecule has 28 heavy (non-hydrogen) atoms. The molecule has 2 heterocycles. The van der Waals surface area contributed by atoms with Crippen LogP contribution in [0.5, 0.6) is 0 Å². The van der Waals surface area contributed by atoms with Crippen molar-refractivity contribution in [2.75, 3.05) is 0 Å². The van der Waals surface area contributed by atoms with E-state index in [1.165, 1.54) is 11.3 Å². The number of amides is 1. The smallest absolute Gasteiger partial charge is 0.275 e. The summed E-state index contributed by atoms with van der Waals surface area (Å²) in [7, 11) is 0. The van der Waals surface area contributed by atoms with Crippen molar-refractivity contribution in [3.8, 4) is 0 Å². The van der Waals surface area contributed by atoms with E-state index in [-0.39, 0.29) is 12.1 Å². The van der Waals surface area contributed by atoms with Crippen molar-refractivity contribution in [2.24, 2.45) is 4.99 Å². The van der Waals surface area contributed by atoms with Crippen molar-refractivity contribution >= 4 is 39.6 Å². The molecule has 140 valence electrons. The molecule has 2 aromatic carbocycles. The Morgan fingerprint density at radius 2 is 1.93 bits per heavy atom. The number of carbonyl (C=O) groups excluding carboxylic acids is 1. The highest BCUT2D eigenvalue weighted by Crippen LogP contribution is 2.15. The van der Waals surface area contributed by atoms with E-state index in [1.807, 2.05) is 52.5 Å². The normalized spacial score (nSPS) is 11.8. The number of hydrogen-bond acceptors (Lipinski definition) is 4. The summed E-state index contributed by atoms with van der Waals surface area (Å²) in [5, 5.41) is 7.85. The molecular formula is C20H15ClN4O2S. The molecule has 4 aromatic rings. The predicted molar refractivity (Wildman–Crippen MR) is 109 cm³/mol. The first-order valence-corrected chi connectivity index (χ1v) is 9.77. The van der Waals surface area contributed by atoms with Gasteiger partial charge in [0.1, 0.15) is 6.54 Å². The SMILES string of the molecule is O=C(Cn1ncc2ccccc2c1=O)N=c1sccn1Cc1ccccc1Cl. The summed E-state index contributed by atoms with van der Waals surface area (Å²) in [4.78, 5) is 29.6. The summed E-state index contributed by atoms with van der Waals surface area (Å²) in [5.74, 6) is -0.444. The van der Waals surface area contributed by atoms with Gasteiger partial charge in [0.25, 0.3) is 11.5 Å². The van der Waals surface area contributed by atoms with E-state index in [0.717, 1.165) is 15.6 Å². The van der Waals surface area contributed by atoms with Gasteiger partial charge in [0.05, 0.1) is 18.1 Å². The first-order chi connectivity index (χ1) is 13.6. The number of halogens is 1. The quantitative estimate of drug-likeness (QED) is 0.519. The largest absolute Gasteiger partial charge is 0.319 e. The van der Waals surface area contributed by atoms with Crippen LogP contribution in [0.1, 0.15) is 5.56 Å². The van der Waals surface area contributed by atoms with E-state index < -0.39 is 5.91 Å². The molecule has 0 saturated carbocycles. The molecule has 0 radical (unpaired) electrons. The van der Waals surface area contributed by atoms with Crippen LogP contribution in [0, 0.1) is 0 Å². The minimum atomic E-state index is -0.444. The average Bonchev–Trinajstić information content (AvgIpc) is 3.12. The molecule has 1 amide bonds. The number of fused-ring (bicyclic) bond motifs is 1.